The Morgan fingerprint density at radius 2 is 1.84 bits per heavy atom. The summed E-state index contributed by atoms with van der Waals surface area (Å²) in [6.45, 7) is 0. The summed E-state index contributed by atoms with van der Waals surface area (Å²) in [5, 5.41) is 2.34. The molecule has 0 unspecified atom stereocenters. The van der Waals surface area contributed by atoms with Crippen molar-refractivity contribution < 1.29 is 4.11 Å². The van der Waals surface area contributed by atoms with E-state index in [1.54, 1.807) is 11.3 Å². The Morgan fingerprint density at radius 1 is 0.960 bits per heavy atom. The minimum atomic E-state index is 0.0266. The van der Waals surface area contributed by atoms with Crippen molar-refractivity contribution in [2.75, 3.05) is 0 Å². The lowest BCUT2D eigenvalue weighted by Gasteiger charge is -2.21. The quantitative estimate of drug-likeness (QED) is 0.410. The van der Waals surface area contributed by atoms with Gasteiger partial charge in [0.25, 0.3) is 0 Å². The van der Waals surface area contributed by atoms with Gasteiger partial charge in [-0.2, -0.15) is 0 Å². The van der Waals surface area contributed by atoms with Crippen LogP contribution in [0.1, 0.15) is 47.8 Å². The minimum absolute atomic E-state index is 0.0266. The van der Waals surface area contributed by atoms with Crippen molar-refractivity contribution in [1.82, 2.24) is 9.97 Å². The summed E-state index contributed by atoms with van der Waals surface area (Å²) in [4.78, 5) is 9.06. The number of aromatic nitrogens is 2. The fourth-order valence-electron chi connectivity index (χ4n) is 3.99. The van der Waals surface area contributed by atoms with Crippen LogP contribution in [0, 0.1) is 0 Å². The van der Waals surface area contributed by atoms with Gasteiger partial charge in [0.2, 0.25) is 0 Å². The first kappa shape index (κ1) is 12.2. The summed E-state index contributed by atoms with van der Waals surface area (Å²) in [7, 11) is 0. The second kappa shape index (κ2) is 6.23. The van der Waals surface area contributed by atoms with Gasteiger partial charge in [-0.1, -0.05) is 43.5 Å². The Kier molecular flexibility index (Phi) is 3.03. The van der Waals surface area contributed by atoms with E-state index in [0.717, 1.165) is 15.6 Å². The lowest BCUT2D eigenvalue weighted by molar-refractivity contribution is 0.439. The lowest BCUT2D eigenvalue weighted by Crippen LogP contribution is -2.06. The topological polar surface area (TPSA) is 25.8 Å². The van der Waals surface area contributed by atoms with E-state index in [0.29, 0.717) is 11.6 Å². The highest BCUT2D eigenvalue weighted by atomic mass is 32.1. The van der Waals surface area contributed by atoms with Crippen LogP contribution < -0.4 is 0 Å². The molecule has 1 aliphatic rings. The fraction of sp³-hybridized carbons (Fsp3) is 0.273. The van der Waals surface area contributed by atoms with Crippen LogP contribution in [-0.2, 0) is 0 Å². The average molecular weight is 348 g/mol. The Morgan fingerprint density at radius 3 is 2.76 bits per heavy atom. The smallest absolute Gasteiger partial charge is 0.0840 e. The summed E-state index contributed by atoms with van der Waals surface area (Å²) in [5.41, 5.74) is 2.46. The van der Waals surface area contributed by atoms with Gasteiger partial charge in [-0.15, -0.1) is 11.3 Å². The van der Waals surface area contributed by atoms with Gasteiger partial charge in [0.05, 0.1) is 20.2 Å². The molecule has 3 aromatic heterocycles. The van der Waals surface area contributed by atoms with Gasteiger partial charge in [0.1, 0.15) is 0 Å². The first-order valence-electron chi connectivity index (χ1n) is 10.4. The van der Waals surface area contributed by atoms with Gasteiger partial charge in [-0.05, 0) is 31.0 Å². The molecule has 5 rings (SSSR count). The first-order chi connectivity index (χ1) is 13.6. The third-order valence-corrected chi connectivity index (χ3v) is 6.47. The van der Waals surface area contributed by atoms with E-state index in [-0.39, 0.29) is 18.3 Å². The molecule has 0 radical (unpaired) electrons. The van der Waals surface area contributed by atoms with Crippen LogP contribution in [-0.4, -0.2) is 9.97 Å². The molecular weight excluding hydrogens is 324 g/mol. The largest absolute Gasteiger partial charge is 0.259 e. The summed E-state index contributed by atoms with van der Waals surface area (Å²) in [6, 6.07) is 9.55. The summed E-state index contributed by atoms with van der Waals surface area (Å²) in [6.07, 6.45) is 8.22. The highest BCUT2D eigenvalue weighted by Gasteiger charge is 2.21. The number of hydrogen-bond donors (Lipinski definition) is 0. The van der Waals surface area contributed by atoms with Crippen LogP contribution in [0.2, 0.25) is 0 Å². The molecule has 0 amide bonds. The van der Waals surface area contributed by atoms with E-state index in [4.69, 9.17) is 9.10 Å². The monoisotopic (exact) mass is 347 g/mol. The zero-order valence-electron chi connectivity index (χ0n) is 16.9. The van der Waals surface area contributed by atoms with Crippen LogP contribution in [0.5, 0.6) is 0 Å². The predicted octanol–water partition coefficient (Wildman–Crippen LogP) is 6.56. The molecule has 4 aromatic rings. The maximum absolute atomic E-state index is 8.30. The molecular formula is C22H20N2S. The molecule has 1 aliphatic carbocycles. The maximum atomic E-state index is 8.30. The zero-order valence-corrected chi connectivity index (χ0v) is 14.7. The van der Waals surface area contributed by atoms with Crippen LogP contribution in [0.3, 0.4) is 0 Å². The second-order valence-corrected chi connectivity index (χ2v) is 7.72. The summed E-state index contributed by atoms with van der Waals surface area (Å²) < 4.78 is 26.5. The maximum Gasteiger partial charge on any atom is 0.0840 e. The summed E-state index contributed by atoms with van der Waals surface area (Å²) >= 11 is 1.72. The second-order valence-electron chi connectivity index (χ2n) is 6.70. The van der Waals surface area contributed by atoms with Crippen molar-refractivity contribution in [3.05, 3.63) is 60.5 Å². The first-order valence-corrected chi connectivity index (χ1v) is 9.70. The SMILES string of the molecule is [2H]c1cc([2H])c([2H])c(-c2cccc3c2sc2c(C4CCCCC4)nccc23)n1. The van der Waals surface area contributed by atoms with Crippen LogP contribution in [0.15, 0.2) is 54.8 Å². The van der Waals surface area contributed by atoms with Gasteiger partial charge in [-0.25, -0.2) is 0 Å². The third-order valence-electron chi connectivity index (χ3n) is 5.19. The van der Waals surface area contributed by atoms with Crippen molar-refractivity contribution in [3.63, 3.8) is 0 Å². The highest BCUT2D eigenvalue weighted by Crippen LogP contribution is 2.43. The zero-order chi connectivity index (χ0) is 19.3. The van der Waals surface area contributed by atoms with Crippen molar-refractivity contribution in [2.45, 2.75) is 38.0 Å². The number of nitrogens with zero attached hydrogens (tertiary/aromatic N) is 2. The standard InChI is InChI=1S/C22H20N2S/c1-2-7-15(8-3-1)20-22-17(12-14-24-20)16-9-6-10-18(21(16)25-22)19-11-4-5-13-23-19/h4-6,9-15H,1-3,7-8H2/i4D,11D,13D. The molecule has 0 spiro atoms. The molecule has 0 saturated heterocycles. The minimum Gasteiger partial charge on any atom is -0.259 e. The predicted molar refractivity (Wildman–Crippen MR) is 106 cm³/mol. The number of rotatable bonds is 2. The number of thiophene rings is 1. The van der Waals surface area contributed by atoms with Gasteiger partial charge >= 0.3 is 0 Å². The summed E-state index contributed by atoms with van der Waals surface area (Å²) in [5.74, 6) is 0.523. The van der Waals surface area contributed by atoms with Gasteiger partial charge < -0.3 is 0 Å². The molecule has 1 aromatic carbocycles. The lowest BCUT2D eigenvalue weighted by atomic mass is 9.86. The van der Waals surface area contributed by atoms with Crippen LogP contribution in [0.25, 0.3) is 31.4 Å². The van der Waals surface area contributed by atoms with E-state index in [9.17, 15) is 0 Å². The van der Waals surface area contributed by atoms with Gasteiger partial charge in [0.15, 0.2) is 0 Å². The molecule has 25 heavy (non-hydrogen) atoms. The molecule has 0 atom stereocenters. The Labute approximate surface area is 155 Å². The van der Waals surface area contributed by atoms with Gasteiger partial charge in [0, 0.05) is 39.3 Å². The fourth-order valence-corrected chi connectivity index (χ4v) is 5.37. The van der Waals surface area contributed by atoms with E-state index in [1.165, 1.54) is 54.0 Å². The molecule has 2 nitrogen and oxygen atoms in total. The average Bonchev–Trinajstić information content (AvgIpc) is 3.10. The molecule has 1 fully saturated rings. The van der Waals surface area contributed by atoms with E-state index < -0.39 is 0 Å². The molecule has 1 saturated carbocycles. The molecule has 3 heterocycles. The molecule has 0 bridgehead atoms. The van der Waals surface area contributed by atoms with Gasteiger partial charge in [-0.3, -0.25) is 9.97 Å². The number of benzene rings is 1. The Balaban J connectivity index is 1.77. The van der Waals surface area contributed by atoms with Crippen molar-refractivity contribution in [1.29, 1.82) is 0 Å². The Hall–Kier alpha value is -2.26. The molecule has 124 valence electrons. The number of fused-ring (bicyclic) bond motifs is 3. The molecule has 0 N–H and O–H groups in total. The van der Waals surface area contributed by atoms with E-state index in [1.807, 2.05) is 18.3 Å². The molecule has 0 aliphatic heterocycles. The van der Waals surface area contributed by atoms with E-state index in [2.05, 4.69) is 17.1 Å². The molecule has 3 heteroatoms. The third kappa shape index (κ3) is 2.54. The van der Waals surface area contributed by atoms with Crippen LogP contribution in [0.4, 0.5) is 0 Å². The van der Waals surface area contributed by atoms with Crippen molar-refractivity contribution >= 4 is 31.5 Å². The van der Waals surface area contributed by atoms with Crippen LogP contribution >= 0.6 is 11.3 Å². The number of hydrogen-bond acceptors (Lipinski definition) is 3. The van der Waals surface area contributed by atoms with E-state index >= 15 is 0 Å². The highest BCUT2D eigenvalue weighted by molar-refractivity contribution is 7.26. The van der Waals surface area contributed by atoms with Crippen molar-refractivity contribution in [3.8, 4) is 11.3 Å². The normalized spacial score (nSPS) is 17.5. The van der Waals surface area contributed by atoms with Crippen molar-refractivity contribution in [2.24, 2.45) is 0 Å². The number of pyridine rings is 2. The Bertz CT molecular complexity index is 1200.